The molecule has 0 amide bonds. The number of benzene rings is 1. The number of nitrogens with one attached hydrogen (secondary N) is 1. The van der Waals surface area contributed by atoms with Crippen LogP contribution in [0.5, 0.6) is 5.75 Å². The highest BCUT2D eigenvalue weighted by Gasteiger charge is 2.19. The molecule has 114 valence electrons. The third kappa shape index (κ3) is 3.57. The van der Waals surface area contributed by atoms with Crippen LogP contribution in [0.4, 0.5) is 4.39 Å². The molecule has 1 aromatic carbocycles. The Bertz CT molecular complexity index is 588. The van der Waals surface area contributed by atoms with E-state index in [0.29, 0.717) is 16.3 Å². The fourth-order valence-electron chi connectivity index (χ4n) is 2.08. The Kier molecular flexibility index (Phi) is 5.64. The van der Waals surface area contributed by atoms with Gasteiger partial charge in [-0.1, -0.05) is 31.3 Å². The molecular formula is C15H20FN3OS. The maximum absolute atomic E-state index is 14.1. The van der Waals surface area contributed by atoms with Crippen molar-refractivity contribution in [1.82, 2.24) is 15.5 Å². The first-order chi connectivity index (χ1) is 10.2. The molecule has 0 fully saturated rings. The summed E-state index contributed by atoms with van der Waals surface area (Å²) in [5.41, 5.74) is 0.383. The Hall–Kier alpha value is -1.53. The number of methoxy groups -OCH3 is 1. The second kappa shape index (κ2) is 7.47. The molecule has 21 heavy (non-hydrogen) atoms. The Morgan fingerprint density at radius 2 is 2.14 bits per heavy atom. The van der Waals surface area contributed by atoms with E-state index in [0.717, 1.165) is 24.4 Å². The molecule has 0 saturated heterocycles. The van der Waals surface area contributed by atoms with Gasteiger partial charge in [-0.2, -0.15) is 0 Å². The van der Waals surface area contributed by atoms with E-state index in [1.807, 2.05) is 0 Å². The highest BCUT2D eigenvalue weighted by Crippen LogP contribution is 2.35. The van der Waals surface area contributed by atoms with Gasteiger partial charge in [-0.15, -0.1) is 10.2 Å². The van der Waals surface area contributed by atoms with Crippen LogP contribution in [-0.2, 0) is 0 Å². The van der Waals surface area contributed by atoms with Crippen molar-refractivity contribution in [1.29, 1.82) is 0 Å². The highest BCUT2D eigenvalue weighted by atomic mass is 32.1. The zero-order chi connectivity index (χ0) is 15.2. The Labute approximate surface area is 128 Å². The summed E-state index contributed by atoms with van der Waals surface area (Å²) in [6, 6.07) is 4.92. The van der Waals surface area contributed by atoms with Crippen molar-refractivity contribution < 1.29 is 9.13 Å². The molecule has 0 aliphatic carbocycles. The molecule has 6 heteroatoms. The molecule has 0 radical (unpaired) electrons. The van der Waals surface area contributed by atoms with Gasteiger partial charge in [0.25, 0.3) is 0 Å². The fourth-order valence-corrected chi connectivity index (χ4v) is 3.14. The summed E-state index contributed by atoms with van der Waals surface area (Å²) >= 11 is 1.41. The second-order valence-corrected chi connectivity index (χ2v) is 5.69. The lowest BCUT2D eigenvalue weighted by Gasteiger charge is -2.12. The summed E-state index contributed by atoms with van der Waals surface area (Å²) in [5.74, 6) is 0.138. The summed E-state index contributed by atoms with van der Waals surface area (Å²) in [6.45, 7) is 5.14. The smallest absolute Gasteiger partial charge is 0.154 e. The normalized spacial score (nSPS) is 12.4. The van der Waals surface area contributed by atoms with Crippen LogP contribution >= 0.6 is 11.3 Å². The maximum atomic E-state index is 14.1. The van der Waals surface area contributed by atoms with Gasteiger partial charge in [-0.05, 0) is 31.5 Å². The van der Waals surface area contributed by atoms with E-state index in [9.17, 15) is 4.39 Å². The molecule has 2 rings (SSSR count). The minimum atomic E-state index is -0.341. The number of nitrogens with zero attached hydrogens (tertiary/aromatic N) is 2. The Morgan fingerprint density at radius 1 is 1.33 bits per heavy atom. The van der Waals surface area contributed by atoms with Gasteiger partial charge >= 0.3 is 0 Å². The van der Waals surface area contributed by atoms with E-state index in [-0.39, 0.29) is 11.9 Å². The zero-order valence-corrected chi connectivity index (χ0v) is 13.3. The number of rotatable bonds is 7. The van der Waals surface area contributed by atoms with E-state index < -0.39 is 0 Å². The van der Waals surface area contributed by atoms with Crippen LogP contribution in [0.3, 0.4) is 0 Å². The number of halogens is 1. The van der Waals surface area contributed by atoms with Crippen LogP contribution in [0.1, 0.15) is 37.7 Å². The first-order valence-corrected chi connectivity index (χ1v) is 7.92. The van der Waals surface area contributed by atoms with Crippen molar-refractivity contribution in [3.05, 3.63) is 29.0 Å². The molecule has 4 nitrogen and oxygen atoms in total. The molecule has 1 N–H and O–H groups in total. The van der Waals surface area contributed by atoms with Crippen molar-refractivity contribution in [3.8, 4) is 16.3 Å². The van der Waals surface area contributed by atoms with Gasteiger partial charge in [-0.25, -0.2) is 4.39 Å². The van der Waals surface area contributed by atoms with E-state index in [1.165, 1.54) is 24.5 Å². The fraction of sp³-hybridized carbons (Fsp3) is 0.467. The first-order valence-electron chi connectivity index (χ1n) is 7.10. The molecule has 1 atom stereocenters. The molecule has 1 aromatic heterocycles. The molecule has 0 aliphatic heterocycles. The molecule has 0 saturated carbocycles. The van der Waals surface area contributed by atoms with E-state index >= 15 is 0 Å². The molecule has 0 bridgehead atoms. The zero-order valence-electron chi connectivity index (χ0n) is 12.5. The lowest BCUT2D eigenvalue weighted by molar-refractivity contribution is 0.413. The molecule has 0 spiro atoms. The quantitative estimate of drug-likeness (QED) is 0.845. The average molecular weight is 309 g/mol. The van der Waals surface area contributed by atoms with Crippen LogP contribution in [-0.4, -0.2) is 23.9 Å². The van der Waals surface area contributed by atoms with E-state index in [4.69, 9.17) is 4.74 Å². The number of hydrogen-bond donors (Lipinski definition) is 1. The average Bonchev–Trinajstić information content (AvgIpc) is 2.97. The summed E-state index contributed by atoms with van der Waals surface area (Å²) in [6.07, 6.45) is 1.98. The van der Waals surface area contributed by atoms with Crippen molar-refractivity contribution in [2.45, 2.75) is 32.7 Å². The predicted molar refractivity (Wildman–Crippen MR) is 83.2 cm³/mol. The van der Waals surface area contributed by atoms with E-state index in [2.05, 4.69) is 29.4 Å². The van der Waals surface area contributed by atoms with Gasteiger partial charge < -0.3 is 10.1 Å². The SMILES string of the molecule is CCCNC(CC)c1nnc(-c2c(F)cccc2OC)s1. The maximum Gasteiger partial charge on any atom is 0.154 e. The van der Waals surface area contributed by atoms with Crippen LogP contribution in [0, 0.1) is 5.82 Å². The van der Waals surface area contributed by atoms with Crippen molar-refractivity contribution in [2.75, 3.05) is 13.7 Å². The third-order valence-corrected chi connectivity index (χ3v) is 4.25. The standard InChI is InChI=1S/C15H20FN3OS/c1-4-9-17-11(5-2)14-18-19-15(21-14)13-10(16)7-6-8-12(13)20-3/h6-8,11,17H,4-5,9H2,1-3H3. The molecular weight excluding hydrogens is 289 g/mol. The third-order valence-electron chi connectivity index (χ3n) is 3.20. The lowest BCUT2D eigenvalue weighted by Crippen LogP contribution is -2.21. The predicted octanol–water partition coefficient (Wildman–Crippen LogP) is 3.80. The van der Waals surface area contributed by atoms with Gasteiger partial charge in [0.2, 0.25) is 0 Å². The Morgan fingerprint density at radius 3 is 2.81 bits per heavy atom. The first kappa shape index (κ1) is 15.9. The molecule has 1 unspecified atom stereocenters. The summed E-state index contributed by atoms with van der Waals surface area (Å²) in [7, 11) is 1.53. The largest absolute Gasteiger partial charge is 0.496 e. The van der Waals surface area contributed by atoms with Gasteiger partial charge in [0.05, 0.1) is 18.7 Å². The van der Waals surface area contributed by atoms with E-state index in [1.54, 1.807) is 12.1 Å². The van der Waals surface area contributed by atoms with Crippen LogP contribution < -0.4 is 10.1 Å². The number of hydrogen-bond acceptors (Lipinski definition) is 5. The second-order valence-electron chi connectivity index (χ2n) is 4.68. The molecule has 1 heterocycles. The Balaban J connectivity index is 2.31. The summed E-state index contributed by atoms with van der Waals surface area (Å²) < 4.78 is 19.3. The molecule has 2 aromatic rings. The van der Waals surface area contributed by atoms with Gasteiger partial charge in [0.1, 0.15) is 16.6 Å². The monoisotopic (exact) mass is 309 g/mol. The summed E-state index contributed by atoms with van der Waals surface area (Å²) in [4.78, 5) is 0. The minimum Gasteiger partial charge on any atom is -0.496 e. The van der Waals surface area contributed by atoms with Gasteiger partial charge in [0.15, 0.2) is 5.01 Å². The van der Waals surface area contributed by atoms with Crippen molar-refractivity contribution >= 4 is 11.3 Å². The molecule has 0 aliphatic rings. The van der Waals surface area contributed by atoms with Gasteiger partial charge in [-0.3, -0.25) is 0 Å². The topological polar surface area (TPSA) is 47.0 Å². The van der Waals surface area contributed by atoms with Crippen LogP contribution in [0.25, 0.3) is 10.6 Å². The minimum absolute atomic E-state index is 0.161. The summed E-state index contributed by atoms with van der Waals surface area (Å²) in [5, 5.41) is 13.2. The van der Waals surface area contributed by atoms with Crippen molar-refractivity contribution in [2.24, 2.45) is 0 Å². The van der Waals surface area contributed by atoms with Gasteiger partial charge in [0, 0.05) is 0 Å². The lowest BCUT2D eigenvalue weighted by atomic mass is 10.2. The van der Waals surface area contributed by atoms with Crippen LogP contribution in [0.15, 0.2) is 18.2 Å². The number of ether oxygens (including phenoxy) is 1. The van der Waals surface area contributed by atoms with Crippen LogP contribution in [0.2, 0.25) is 0 Å². The van der Waals surface area contributed by atoms with Crippen molar-refractivity contribution in [3.63, 3.8) is 0 Å². The number of aromatic nitrogens is 2. The highest BCUT2D eigenvalue weighted by molar-refractivity contribution is 7.14.